The highest BCUT2D eigenvalue weighted by molar-refractivity contribution is 9.10. The number of hydrogen-bond acceptors (Lipinski definition) is 6. The van der Waals surface area contributed by atoms with Crippen molar-refractivity contribution >= 4 is 56.2 Å². The summed E-state index contributed by atoms with van der Waals surface area (Å²) in [5, 5.41) is 7.66. The Morgan fingerprint density at radius 3 is 2.73 bits per heavy atom. The third-order valence-corrected chi connectivity index (χ3v) is 6.77. The Kier molecular flexibility index (Phi) is 9.54. The van der Waals surface area contributed by atoms with E-state index < -0.39 is 11.7 Å². The van der Waals surface area contributed by atoms with E-state index >= 15 is 0 Å². The summed E-state index contributed by atoms with van der Waals surface area (Å²) in [6.45, 7) is 5.73. The minimum atomic E-state index is -0.498. The predicted molar refractivity (Wildman–Crippen MR) is 159 cm³/mol. The lowest BCUT2D eigenvalue weighted by Gasteiger charge is -2.15. The van der Waals surface area contributed by atoms with Gasteiger partial charge in [-0.3, -0.25) is 9.59 Å². The number of benzene rings is 3. The molecule has 0 spiro atoms. The normalized spacial score (nSPS) is 12.1. The molecule has 0 aliphatic rings. The van der Waals surface area contributed by atoms with E-state index in [-0.39, 0.29) is 28.9 Å². The van der Waals surface area contributed by atoms with Crippen molar-refractivity contribution in [1.29, 1.82) is 0 Å². The van der Waals surface area contributed by atoms with Crippen molar-refractivity contribution in [2.75, 3.05) is 18.5 Å². The molecule has 1 aromatic heterocycles. The maximum absolute atomic E-state index is 13.4. The quantitative estimate of drug-likeness (QED) is 0.196. The monoisotopic (exact) mass is 628 g/mol. The third kappa shape index (κ3) is 6.86. The van der Waals surface area contributed by atoms with Crippen LogP contribution >= 0.6 is 27.5 Å². The van der Waals surface area contributed by atoms with Crippen LogP contribution in [0.1, 0.15) is 44.5 Å². The Balaban J connectivity index is 1.63. The van der Waals surface area contributed by atoms with Crippen LogP contribution in [-0.2, 0) is 4.79 Å². The van der Waals surface area contributed by atoms with Gasteiger partial charge in [0, 0.05) is 16.1 Å². The molecule has 1 amide bonds. The highest BCUT2D eigenvalue weighted by Crippen LogP contribution is 2.36. The van der Waals surface area contributed by atoms with E-state index in [1.54, 1.807) is 37.3 Å². The molecule has 0 unspecified atom stereocenters. The number of aromatic nitrogens is 2. The first-order valence-corrected chi connectivity index (χ1v) is 13.8. The molecular formula is C29H27BrClFN4O4. The molecule has 0 radical (unpaired) electrons. The van der Waals surface area contributed by atoms with Gasteiger partial charge in [0.25, 0.3) is 11.5 Å². The van der Waals surface area contributed by atoms with Crippen LogP contribution in [0.15, 0.2) is 69.0 Å². The van der Waals surface area contributed by atoms with E-state index in [4.69, 9.17) is 26.1 Å². The first-order chi connectivity index (χ1) is 19.2. The van der Waals surface area contributed by atoms with E-state index in [1.165, 1.54) is 29.1 Å². The lowest BCUT2D eigenvalue weighted by molar-refractivity contribution is -0.118. The lowest BCUT2D eigenvalue weighted by atomic mass is 10.1. The zero-order chi connectivity index (χ0) is 28.8. The van der Waals surface area contributed by atoms with Crippen LogP contribution < -0.4 is 20.3 Å². The Labute approximate surface area is 243 Å². The van der Waals surface area contributed by atoms with Gasteiger partial charge >= 0.3 is 0 Å². The topological polar surface area (TPSA) is 94.8 Å². The second kappa shape index (κ2) is 13.1. The summed E-state index contributed by atoms with van der Waals surface area (Å²) in [4.78, 5) is 30.5. The lowest BCUT2D eigenvalue weighted by Crippen LogP contribution is -2.23. The highest BCUT2D eigenvalue weighted by Gasteiger charge is 2.17. The molecule has 1 N–H and O–H groups in total. The van der Waals surface area contributed by atoms with Crippen LogP contribution in [0.3, 0.4) is 0 Å². The molecule has 8 nitrogen and oxygen atoms in total. The summed E-state index contributed by atoms with van der Waals surface area (Å²) in [6.07, 6.45) is 2.26. The van der Waals surface area contributed by atoms with E-state index in [9.17, 15) is 14.0 Å². The van der Waals surface area contributed by atoms with Crippen molar-refractivity contribution in [2.45, 2.75) is 33.1 Å². The summed E-state index contributed by atoms with van der Waals surface area (Å²) in [5.41, 5.74) is 1.15. The zero-order valence-electron chi connectivity index (χ0n) is 22.1. The minimum Gasteiger partial charge on any atom is -0.490 e. The first kappa shape index (κ1) is 29.2. The molecule has 1 heterocycles. The van der Waals surface area contributed by atoms with Gasteiger partial charge in [0.1, 0.15) is 11.6 Å². The van der Waals surface area contributed by atoms with Gasteiger partial charge in [-0.2, -0.15) is 9.78 Å². The predicted octanol–water partition coefficient (Wildman–Crippen LogP) is 6.76. The average molecular weight is 630 g/mol. The molecule has 0 aliphatic heterocycles. The van der Waals surface area contributed by atoms with Gasteiger partial charge in [-0.1, -0.05) is 47.4 Å². The van der Waals surface area contributed by atoms with Crippen LogP contribution in [0.5, 0.6) is 11.5 Å². The van der Waals surface area contributed by atoms with Crippen LogP contribution in [0.2, 0.25) is 5.02 Å². The molecule has 3 aromatic carbocycles. The van der Waals surface area contributed by atoms with Crippen molar-refractivity contribution in [2.24, 2.45) is 5.10 Å². The molecule has 0 saturated heterocycles. The number of carbonyl (C=O) groups excluding carboxylic acids is 1. The number of carbonyl (C=O) groups is 1. The summed E-state index contributed by atoms with van der Waals surface area (Å²) < 4.78 is 26.9. The van der Waals surface area contributed by atoms with Crippen molar-refractivity contribution in [3.8, 4) is 11.5 Å². The molecule has 208 valence electrons. The number of ether oxygens (including phenoxy) is 2. The maximum atomic E-state index is 13.4. The third-order valence-electron chi connectivity index (χ3n) is 6.00. The van der Waals surface area contributed by atoms with Crippen LogP contribution in [-0.4, -0.2) is 35.0 Å². The molecule has 11 heteroatoms. The van der Waals surface area contributed by atoms with Crippen LogP contribution in [0, 0.1) is 5.82 Å². The van der Waals surface area contributed by atoms with Crippen LogP contribution in [0.25, 0.3) is 10.9 Å². The van der Waals surface area contributed by atoms with Crippen molar-refractivity contribution in [1.82, 2.24) is 9.66 Å². The van der Waals surface area contributed by atoms with E-state index in [0.717, 1.165) is 10.9 Å². The highest BCUT2D eigenvalue weighted by atomic mass is 79.9. The van der Waals surface area contributed by atoms with E-state index in [2.05, 4.69) is 26.3 Å². The minimum absolute atomic E-state index is 0.0187. The number of hydrogen-bond donors (Lipinski definition) is 1. The van der Waals surface area contributed by atoms with Gasteiger partial charge in [-0.05, 0) is 67.4 Å². The summed E-state index contributed by atoms with van der Waals surface area (Å²) >= 11 is 9.92. The summed E-state index contributed by atoms with van der Waals surface area (Å²) in [5.74, 6) is 0.0224. The summed E-state index contributed by atoms with van der Waals surface area (Å²) in [7, 11) is 0. The van der Waals surface area contributed by atoms with Crippen molar-refractivity contribution in [3.05, 3.63) is 91.7 Å². The van der Waals surface area contributed by atoms with Gasteiger partial charge in [0.15, 0.2) is 18.1 Å². The number of halogens is 3. The maximum Gasteiger partial charge on any atom is 0.282 e. The summed E-state index contributed by atoms with van der Waals surface area (Å²) in [6, 6.07) is 14.1. The fourth-order valence-electron chi connectivity index (χ4n) is 3.87. The van der Waals surface area contributed by atoms with Crippen molar-refractivity contribution in [3.63, 3.8) is 0 Å². The van der Waals surface area contributed by atoms with E-state index in [0.29, 0.717) is 40.3 Å². The van der Waals surface area contributed by atoms with Gasteiger partial charge in [0.05, 0.1) is 28.7 Å². The van der Waals surface area contributed by atoms with Gasteiger partial charge in [-0.15, -0.1) is 0 Å². The SMILES string of the molecule is CCOc1cc(C=Nn2c([C@@H](C)CC)nc3ccc(Br)cc3c2=O)cc(Cl)c1OCC(=O)Nc1cccc(F)c1. The first-order valence-electron chi connectivity index (χ1n) is 12.6. The molecule has 0 fully saturated rings. The second-order valence-electron chi connectivity index (χ2n) is 8.91. The number of rotatable bonds is 10. The standard InChI is InChI=1S/C29H27BrClFN4O4/c1-4-17(3)28-35-24-10-9-19(30)13-22(24)29(38)36(28)33-15-18-11-23(31)27(25(12-18)39-5-2)40-16-26(37)34-21-8-6-7-20(32)14-21/h6-15,17H,4-5,16H2,1-3H3,(H,34,37)/t17-/m0/s1. The molecule has 0 aliphatic carbocycles. The Hall–Kier alpha value is -3.76. The fraction of sp³-hybridized carbons (Fsp3) is 0.241. The molecule has 40 heavy (non-hydrogen) atoms. The van der Waals surface area contributed by atoms with Gasteiger partial charge in [-0.25, -0.2) is 9.37 Å². The number of anilines is 1. The molecule has 0 bridgehead atoms. The van der Waals surface area contributed by atoms with Gasteiger partial charge < -0.3 is 14.8 Å². The van der Waals surface area contributed by atoms with E-state index in [1.807, 2.05) is 19.9 Å². The molecule has 0 saturated carbocycles. The average Bonchev–Trinajstić information content (AvgIpc) is 2.92. The zero-order valence-corrected chi connectivity index (χ0v) is 24.4. The number of nitrogens with zero attached hydrogens (tertiary/aromatic N) is 3. The largest absolute Gasteiger partial charge is 0.490 e. The van der Waals surface area contributed by atoms with Crippen LogP contribution in [0.4, 0.5) is 10.1 Å². The van der Waals surface area contributed by atoms with Gasteiger partial charge in [0.2, 0.25) is 0 Å². The fourth-order valence-corrected chi connectivity index (χ4v) is 4.50. The van der Waals surface area contributed by atoms with Crippen molar-refractivity contribution < 1.29 is 18.7 Å². The Bertz CT molecular complexity index is 1640. The molecular weight excluding hydrogens is 603 g/mol. The molecule has 4 rings (SSSR count). The number of fused-ring (bicyclic) bond motifs is 1. The molecule has 4 aromatic rings. The second-order valence-corrected chi connectivity index (χ2v) is 10.2. The smallest absolute Gasteiger partial charge is 0.282 e. The Morgan fingerprint density at radius 1 is 1.20 bits per heavy atom. The Morgan fingerprint density at radius 2 is 2.00 bits per heavy atom. The number of nitrogens with one attached hydrogen (secondary N) is 1. The molecule has 1 atom stereocenters. The number of amides is 1.